The van der Waals surface area contributed by atoms with E-state index in [0.29, 0.717) is 31.3 Å². The number of hydrogen-bond donors (Lipinski definition) is 2. The van der Waals surface area contributed by atoms with Crippen molar-refractivity contribution in [2.45, 2.75) is 31.7 Å². The number of carbonyl (C=O) groups is 1. The van der Waals surface area contributed by atoms with Crippen molar-refractivity contribution in [3.8, 4) is 0 Å². The van der Waals surface area contributed by atoms with Gasteiger partial charge < -0.3 is 10.1 Å². The molecule has 100 valence electrons. The predicted molar refractivity (Wildman–Crippen MR) is 69.0 cm³/mol. The lowest BCUT2D eigenvalue weighted by atomic mass is 9.86. The van der Waals surface area contributed by atoms with Crippen molar-refractivity contribution in [2.75, 3.05) is 0 Å². The Bertz CT molecular complexity index is 665. The Morgan fingerprint density at radius 2 is 2.11 bits per heavy atom. The van der Waals surface area contributed by atoms with Crippen LogP contribution in [0.2, 0.25) is 0 Å². The van der Waals surface area contributed by atoms with Crippen LogP contribution in [0.3, 0.4) is 0 Å². The first-order valence-corrected chi connectivity index (χ1v) is 6.45. The quantitative estimate of drug-likeness (QED) is 0.858. The van der Waals surface area contributed by atoms with Gasteiger partial charge in [-0.05, 0) is 37.8 Å². The summed E-state index contributed by atoms with van der Waals surface area (Å²) in [7, 11) is 0. The lowest BCUT2D eigenvalue weighted by Crippen LogP contribution is -2.28. The van der Waals surface area contributed by atoms with Crippen molar-refractivity contribution >= 4 is 17.1 Å². The largest absolute Gasteiger partial charge is 0.481 e. The zero-order valence-electron chi connectivity index (χ0n) is 10.4. The van der Waals surface area contributed by atoms with E-state index >= 15 is 0 Å². The lowest BCUT2D eigenvalue weighted by Gasteiger charge is -2.26. The van der Waals surface area contributed by atoms with Crippen LogP contribution in [0.1, 0.15) is 31.7 Å². The van der Waals surface area contributed by atoms with Crippen LogP contribution in [0.25, 0.3) is 11.2 Å². The third-order valence-electron chi connectivity index (χ3n) is 3.89. The van der Waals surface area contributed by atoms with Gasteiger partial charge in [-0.15, -0.1) is 0 Å². The molecule has 0 saturated heterocycles. The van der Waals surface area contributed by atoms with Gasteiger partial charge in [0.2, 0.25) is 0 Å². The molecule has 1 aliphatic carbocycles. The highest BCUT2D eigenvalue weighted by atomic mass is 16.4. The van der Waals surface area contributed by atoms with Crippen LogP contribution >= 0.6 is 0 Å². The first kappa shape index (κ1) is 12.0. The summed E-state index contributed by atoms with van der Waals surface area (Å²) < 4.78 is 1.67. The number of nitrogens with one attached hydrogen (secondary N) is 1. The van der Waals surface area contributed by atoms with E-state index in [1.807, 2.05) is 6.07 Å². The topological polar surface area (TPSA) is 88.0 Å². The van der Waals surface area contributed by atoms with E-state index in [4.69, 9.17) is 5.11 Å². The van der Waals surface area contributed by atoms with E-state index < -0.39 is 5.97 Å². The van der Waals surface area contributed by atoms with E-state index in [1.54, 1.807) is 16.8 Å². The summed E-state index contributed by atoms with van der Waals surface area (Å²) in [6, 6.07) is 3.65. The highest BCUT2D eigenvalue weighted by Gasteiger charge is 2.28. The summed E-state index contributed by atoms with van der Waals surface area (Å²) in [6.07, 6.45) is 4.31. The third-order valence-corrected chi connectivity index (χ3v) is 3.89. The molecule has 0 amide bonds. The molecule has 0 bridgehead atoms. The number of fused-ring (bicyclic) bond motifs is 1. The highest BCUT2D eigenvalue weighted by molar-refractivity contribution is 5.71. The molecule has 1 aliphatic rings. The normalized spacial score (nSPS) is 23.6. The summed E-state index contributed by atoms with van der Waals surface area (Å²) in [6.45, 7) is 0. The molecule has 2 aromatic rings. The molecule has 0 aliphatic heterocycles. The summed E-state index contributed by atoms with van der Waals surface area (Å²) in [5, 5.41) is 8.99. The Hall–Kier alpha value is -2.11. The minimum atomic E-state index is -0.733. The van der Waals surface area contributed by atoms with E-state index in [0.717, 1.165) is 5.52 Å². The molecule has 6 nitrogen and oxygen atoms in total. The molecule has 2 aromatic heterocycles. The number of aromatic amines is 1. The maximum Gasteiger partial charge on any atom is 0.327 e. The Morgan fingerprint density at radius 3 is 2.79 bits per heavy atom. The van der Waals surface area contributed by atoms with Gasteiger partial charge >= 0.3 is 11.7 Å². The number of pyridine rings is 1. The molecule has 1 fully saturated rings. The molecule has 0 radical (unpaired) electrons. The number of imidazole rings is 1. The summed E-state index contributed by atoms with van der Waals surface area (Å²) in [5.74, 6) is -1.01. The maximum absolute atomic E-state index is 12.0. The minimum Gasteiger partial charge on any atom is -0.481 e. The first-order valence-electron chi connectivity index (χ1n) is 6.45. The van der Waals surface area contributed by atoms with Crippen molar-refractivity contribution in [1.29, 1.82) is 0 Å². The van der Waals surface area contributed by atoms with Crippen LogP contribution in [0.5, 0.6) is 0 Å². The van der Waals surface area contributed by atoms with Gasteiger partial charge in [-0.25, -0.2) is 9.78 Å². The second kappa shape index (κ2) is 4.53. The number of carboxylic acids is 1. The van der Waals surface area contributed by atoms with Gasteiger partial charge in [0.05, 0.1) is 11.4 Å². The number of H-pyrrole nitrogens is 1. The van der Waals surface area contributed by atoms with Crippen LogP contribution < -0.4 is 5.69 Å². The standard InChI is InChI=1S/C13H15N3O3/c17-12(18)8-3-5-9(6-4-8)16-11-10(15-13(16)19)2-1-7-14-11/h1-2,7-9H,3-6H2,(H,15,19)(H,17,18). The Kier molecular flexibility index (Phi) is 2.85. The lowest BCUT2D eigenvalue weighted by molar-refractivity contribution is -0.143. The van der Waals surface area contributed by atoms with Crippen LogP contribution in [0, 0.1) is 5.92 Å². The molecule has 0 atom stereocenters. The average Bonchev–Trinajstić information content (AvgIpc) is 2.74. The summed E-state index contributed by atoms with van der Waals surface area (Å²) in [5.41, 5.74) is 1.23. The number of aliphatic carboxylic acids is 1. The molecule has 1 saturated carbocycles. The third kappa shape index (κ3) is 2.03. The smallest absolute Gasteiger partial charge is 0.327 e. The van der Waals surface area contributed by atoms with Crippen LogP contribution in [-0.2, 0) is 4.79 Å². The predicted octanol–water partition coefficient (Wildman–Crippen LogP) is 1.54. The maximum atomic E-state index is 12.0. The van der Waals surface area contributed by atoms with E-state index in [-0.39, 0.29) is 17.6 Å². The fraction of sp³-hybridized carbons (Fsp3) is 0.462. The molecule has 0 aromatic carbocycles. The van der Waals surface area contributed by atoms with Crippen molar-refractivity contribution in [3.63, 3.8) is 0 Å². The van der Waals surface area contributed by atoms with Gasteiger partial charge in [0.25, 0.3) is 0 Å². The van der Waals surface area contributed by atoms with Crippen molar-refractivity contribution in [3.05, 3.63) is 28.8 Å². The molecule has 2 heterocycles. The number of hydrogen-bond acceptors (Lipinski definition) is 3. The average molecular weight is 261 g/mol. The second-order valence-electron chi connectivity index (χ2n) is 5.02. The molecule has 2 N–H and O–H groups in total. The highest BCUT2D eigenvalue weighted by Crippen LogP contribution is 2.32. The molecule has 3 rings (SSSR count). The van der Waals surface area contributed by atoms with E-state index in [2.05, 4.69) is 9.97 Å². The van der Waals surface area contributed by atoms with Crippen molar-refractivity contribution in [2.24, 2.45) is 5.92 Å². The van der Waals surface area contributed by atoms with Gasteiger partial charge in [-0.1, -0.05) is 0 Å². The first-order chi connectivity index (χ1) is 9.16. The molecule has 19 heavy (non-hydrogen) atoms. The second-order valence-corrected chi connectivity index (χ2v) is 5.02. The molecule has 0 unspecified atom stereocenters. The van der Waals surface area contributed by atoms with Crippen molar-refractivity contribution in [1.82, 2.24) is 14.5 Å². The SMILES string of the molecule is O=C(O)C1CCC(n2c(=O)[nH]c3cccnc32)CC1. The van der Waals surface area contributed by atoms with Gasteiger partial charge in [0.15, 0.2) is 5.65 Å². The Balaban J connectivity index is 1.92. The van der Waals surface area contributed by atoms with Gasteiger partial charge in [-0.2, -0.15) is 0 Å². The van der Waals surface area contributed by atoms with E-state index in [9.17, 15) is 9.59 Å². The van der Waals surface area contributed by atoms with Crippen LogP contribution in [0.15, 0.2) is 23.1 Å². The number of rotatable bonds is 2. The van der Waals surface area contributed by atoms with Crippen molar-refractivity contribution < 1.29 is 9.90 Å². The van der Waals surface area contributed by atoms with Gasteiger partial charge in [-0.3, -0.25) is 9.36 Å². The Morgan fingerprint density at radius 1 is 1.37 bits per heavy atom. The monoisotopic (exact) mass is 261 g/mol. The fourth-order valence-corrected chi connectivity index (χ4v) is 2.88. The summed E-state index contributed by atoms with van der Waals surface area (Å²) >= 11 is 0. The Labute approximate surface area is 109 Å². The summed E-state index contributed by atoms with van der Waals surface area (Å²) in [4.78, 5) is 30.0. The minimum absolute atomic E-state index is 0.0479. The number of aromatic nitrogens is 3. The fourth-order valence-electron chi connectivity index (χ4n) is 2.88. The molecule has 0 spiro atoms. The molecule has 6 heteroatoms. The molecular weight excluding hydrogens is 246 g/mol. The molecular formula is C13H15N3O3. The van der Waals surface area contributed by atoms with Crippen LogP contribution in [0.4, 0.5) is 0 Å². The van der Waals surface area contributed by atoms with Gasteiger partial charge in [0.1, 0.15) is 0 Å². The van der Waals surface area contributed by atoms with E-state index in [1.165, 1.54) is 0 Å². The number of carboxylic acid groups (broad SMARTS) is 1. The zero-order chi connectivity index (χ0) is 13.4. The van der Waals surface area contributed by atoms with Crippen LogP contribution in [-0.4, -0.2) is 25.6 Å². The van der Waals surface area contributed by atoms with Gasteiger partial charge in [0, 0.05) is 12.2 Å². The zero-order valence-corrected chi connectivity index (χ0v) is 10.4. The number of nitrogens with zero attached hydrogens (tertiary/aromatic N) is 2.